The van der Waals surface area contributed by atoms with Crippen LogP contribution in [0.5, 0.6) is 0 Å². The summed E-state index contributed by atoms with van der Waals surface area (Å²) in [5.74, 6) is 0.441. The number of likely N-dealkylation sites (tertiary alicyclic amines) is 1. The Morgan fingerprint density at radius 2 is 1.64 bits per heavy atom. The Balaban J connectivity index is 1.18. The summed E-state index contributed by atoms with van der Waals surface area (Å²) in [5, 5.41) is 3.44. The molecule has 0 spiro atoms. The molecular formula is C30H37N5O. The molecule has 6 nitrogen and oxygen atoms in total. The van der Waals surface area contributed by atoms with Crippen molar-refractivity contribution in [3.63, 3.8) is 0 Å². The minimum atomic E-state index is -0.0905. The third-order valence-electron chi connectivity index (χ3n) is 7.30. The lowest BCUT2D eigenvalue weighted by Gasteiger charge is -2.32. The summed E-state index contributed by atoms with van der Waals surface area (Å²) in [6.07, 6.45) is 11.6. The second-order valence-electron chi connectivity index (χ2n) is 10.1. The number of nitrogens with one attached hydrogen (secondary N) is 1. The number of hydrogen-bond acceptors (Lipinski definition) is 5. The van der Waals surface area contributed by atoms with Crippen LogP contribution in [0.15, 0.2) is 77.4 Å². The van der Waals surface area contributed by atoms with E-state index in [1.54, 1.807) is 17.0 Å². The zero-order valence-corrected chi connectivity index (χ0v) is 21.3. The van der Waals surface area contributed by atoms with Gasteiger partial charge in [0.05, 0.1) is 0 Å². The molecule has 0 amide bonds. The highest BCUT2D eigenvalue weighted by Gasteiger charge is 2.21. The van der Waals surface area contributed by atoms with Crippen LogP contribution < -0.4 is 15.8 Å². The fourth-order valence-electron chi connectivity index (χ4n) is 5.35. The molecule has 1 aromatic heterocycles. The highest BCUT2D eigenvalue weighted by atomic mass is 16.1. The summed E-state index contributed by atoms with van der Waals surface area (Å²) in [6, 6.07) is 19.1. The van der Waals surface area contributed by atoms with Crippen LogP contribution in [0, 0.1) is 0 Å². The van der Waals surface area contributed by atoms with E-state index >= 15 is 0 Å². The van der Waals surface area contributed by atoms with Crippen molar-refractivity contribution in [1.82, 2.24) is 14.5 Å². The van der Waals surface area contributed by atoms with Gasteiger partial charge in [0, 0.05) is 62.5 Å². The van der Waals surface area contributed by atoms with Crippen molar-refractivity contribution in [3.8, 4) is 5.69 Å². The molecule has 0 saturated carbocycles. The Morgan fingerprint density at radius 3 is 2.36 bits per heavy atom. The number of rotatable bonds is 7. The van der Waals surface area contributed by atoms with Crippen LogP contribution in [0.4, 0.5) is 11.5 Å². The van der Waals surface area contributed by atoms with Gasteiger partial charge in [-0.3, -0.25) is 14.3 Å². The molecule has 2 fully saturated rings. The number of nitrogens with zero attached hydrogens (tertiary/aromatic N) is 4. The zero-order valence-electron chi connectivity index (χ0n) is 21.3. The number of hydrogen-bond donors (Lipinski definition) is 1. The van der Waals surface area contributed by atoms with E-state index in [-0.39, 0.29) is 11.6 Å². The minimum Gasteiger partial charge on any atom is -0.372 e. The predicted molar refractivity (Wildman–Crippen MR) is 149 cm³/mol. The average molecular weight is 484 g/mol. The van der Waals surface area contributed by atoms with Gasteiger partial charge < -0.3 is 10.2 Å². The van der Waals surface area contributed by atoms with Gasteiger partial charge in [-0.05, 0) is 68.9 Å². The van der Waals surface area contributed by atoms with Crippen molar-refractivity contribution >= 4 is 17.6 Å². The smallest absolute Gasteiger partial charge is 0.297 e. The maximum Gasteiger partial charge on any atom is 0.297 e. The van der Waals surface area contributed by atoms with E-state index in [9.17, 15) is 4.79 Å². The molecule has 1 N–H and O–H groups in total. The van der Waals surface area contributed by atoms with Gasteiger partial charge in [0.25, 0.3) is 5.56 Å². The van der Waals surface area contributed by atoms with Crippen LogP contribution in [-0.4, -0.2) is 53.2 Å². The first kappa shape index (κ1) is 24.3. The van der Waals surface area contributed by atoms with E-state index < -0.39 is 0 Å². The highest BCUT2D eigenvalue weighted by Crippen LogP contribution is 2.21. The molecule has 0 radical (unpaired) electrons. The third kappa shape index (κ3) is 6.05. The van der Waals surface area contributed by atoms with Gasteiger partial charge in [-0.2, -0.15) is 0 Å². The standard InChI is InChI=1S/C30H37N5O/c1-24(22-25-8-4-2-5-9-25)23-33-19-14-26(15-20-33)32-29-30(36)35(21-16-31-29)28-12-10-27(11-13-28)34-17-6-3-7-18-34/h2,4-5,8-13,16,21-22,26H,3,6-7,14-15,17-20,23H2,1H3,(H,31,32)/b24-22+. The molecule has 2 aromatic carbocycles. The Morgan fingerprint density at radius 1 is 0.944 bits per heavy atom. The fraction of sp³-hybridized carbons (Fsp3) is 0.400. The number of benzene rings is 2. The van der Waals surface area contributed by atoms with Gasteiger partial charge in [0.15, 0.2) is 5.82 Å². The first-order valence-electron chi connectivity index (χ1n) is 13.3. The lowest BCUT2D eigenvalue weighted by Crippen LogP contribution is -2.41. The molecule has 2 saturated heterocycles. The van der Waals surface area contributed by atoms with E-state index in [2.05, 4.69) is 69.5 Å². The fourth-order valence-corrected chi connectivity index (χ4v) is 5.35. The summed E-state index contributed by atoms with van der Waals surface area (Å²) in [5.41, 5.74) is 4.64. The summed E-state index contributed by atoms with van der Waals surface area (Å²) >= 11 is 0. The van der Waals surface area contributed by atoms with E-state index in [0.717, 1.165) is 51.3 Å². The van der Waals surface area contributed by atoms with Gasteiger partial charge in [0.2, 0.25) is 0 Å². The zero-order chi connectivity index (χ0) is 24.7. The molecule has 6 heteroatoms. The molecule has 36 heavy (non-hydrogen) atoms. The SMILES string of the molecule is C/C(=C\c1ccccc1)CN1CCC(Nc2nccn(-c3ccc(N4CCCCC4)cc3)c2=O)CC1. The molecule has 188 valence electrons. The molecule has 3 heterocycles. The number of anilines is 2. The molecular weight excluding hydrogens is 446 g/mol. The van der Waals surface area contributed by atoms with Crippen molar-refractivity contribution in [1.29, 1.82) is 0 Å². The van der Waals surface area contributed by atoms with Gasteiger partial charge in [-0.25, -0.2) is 4.98 Å². The van der Waals surface area contributed by atoms with E-state index in [0.29, 0.717) is 5.82 Å². The van der Waals surface area contributed by atoms with Gasteiger partial charge in [0.1, 0.15) is 0 Å². The van der Waals surface area contributed by atoms with Crippen LogP contribution in [0.2, 0.25) is 0 Å². The lowest BCUT2D eigenvalue weighted by atomic mass is 10.0. The molecule has 0 unspecified atom stereocenters. The molecule has 0 bridgehead atoms. The van der Waals surface area contributed by atoms with Gasteiger partial charge in [-0.1, -0.05) is 42.0 Å². The number of piperidine rings is 2. The van der Waals surface area contributed by atoms with E-state index in [1.807, 2.05) is 18.2 Å². The van der Waals surface area contributed by atoms with Crippen LogP contribution in [-0.2, 0) is 0 Å². The van der Waals surface area contributed by atoms with Gasteiger partial charge >= 0.3 is 0 Å². The van der Waals surface area contributed by atoms with Crippen molar-refractivity contribution < 1.29 is 0 Å². The third-order valence-corrected chi connectivity index (χ3v) is 7.30. The maximum absolute atomic E-state index is 13.2. The van der Waals surface area contributed by atoms with E-state index in [1.165, 1.54) is 36.1 Å². The Bertz CT molecular complexity index is 1200. The molecule has 2 aliphatic heterocycles. The maximum atomic E-state index is 13.2. The molecule has 0 aliphatic carbocycles. The Hall–Kier alpha value is -3.38. The second kappa shape index (κ2) is 11.6. The monoisotopic (exact) mass is 483 g/mol. The van der Waals surface area contributed by atoms with Crippen LogP contribution in [0.1, 0.15) is 44.6 Å². The first-order chi connectivity index (χ1) is 17.7. The molecule has 0 atom stereocenters. The predicted octanol–water partition coefficient (Wildman–Crippen LogP) is 5.20. The summed E-state index contributed by atoms with van der Waals surface area (Å²) in [6.45, 7) is 7.43. The van der Waals surface area contributed by atoms with Crippen LogP contribution in [0.3, 0.4) is 0 Å². The molecule has 3 aromatic rings. The topological polar surface area (TPSA) is 53.4 Å². The molecule has 5 rings (SSSR count). The Labute approximate surface area is 214 Å². The van der Waals surface area contributed by atoms with Crippen molar-refractivity contribution in [2.24, 2.45) is 0 Å². The lowest BCUT2D eigenvalue weighted by molar-refractivity contribution is 0.236. The normalized spacial score (nSPS) is 17.8. The second-order valence-corrected chi connectivity index (χ2v) is 10.1. The van der Waals surface area contributed by atoms with Crippen LogP contribution >= 0.6 is 0 Å². The van der Waals surface area contributed by atoms with Crippen molar-refractivity contribution in [2.45, 2.75) is 45.1 Å². The quantitative estimate of drug-likeness (QED) is 0.500. The summed E-state index contributed by atoms with van der Waals surface area (Å²) in [7, 11) is 0. The Kier molecular flexibility index (Phi) is 7.82. The van der Waals surface area contributed by atoms with E-state index in [4.69, 9.17) is 0 Å². The largest absolute Gasteiger partial charge is 0.372 e. The minimum absolute atomic E-state index is 0.0905. The first-order valence-corrected chi connectivity index (χ1v) is 13.3. The van der Waals surface area contributed by atoms with Crippen molar-refractivity contribution in [2.75, 3.05) is 42.9 Å². The van der Waals surface area contributed by atoms with Crippen molar-refractivity contribution in [3.05, 3.63) is 88.5 Å². The average Bonchev–Trinajstić information content (AvgIpc) is 2.92. The highest BCUT2D eigenvalue weighted by molar-refractivity contribution is 5.53. The van der Waals surface area contributed by atoms with Gasteiger partial charge in [-0.15, -0.1) is 0 Å². The summed E-state index contributed by atoms with van der Waals surface area (Å²) in [4.78, 5) is 22.5. The van der Waals surface area contributed by atoms with Crippen LogP contribution in [0.25, 0.3) is 11.8 Å². The number of aromatic nitrogens is 2. The summed E-state index contributed by atoms with van der Waals surface area (Å²) < 4.78 is 1.70. The molecule has 2 aliphatic rings.